The third kappa shape index (κ3) is 2.35. The number of aryl methyl sites for hydroxylation is 1. The summed E-state index contributed by atoms with van der Waals surface area (Å²) in [6, 6.07) is 1.93. The Hall–Kier alpha value is -1.82. The topological polar surface area (TPSA) is 62.8 Å². The van der Waals surface area contributed by atoms with Crippen LogP contribution in [0.3, 0.4) is 0 Å². The Morgan fingerprint density at radius 1 is 1.60 bits per heavy atom. The Kier molecular flexibility index (Phi) is 2.42. The Morgan fingerprint density at radius 2 is 2.33 bits per heavy atom. The van der Waals surface area contributed by atoms with Crippen LogP contribution in [0.1, 0.15) is 29.7 Å². The van der Waals surface area contributed by atoms with Crippen LogP contribution in [0, 0.1) is 30.1 Å². The van der Waals surface area contributed by atoms with Gasteiger partial charge in [-0.1, -0.05) is 11.8 Å². The molecule has 0 bridgehead atoms. The van der Waals surface area contributed by atoms with Gasteiger partial charge in [0, 0.05) is 17.7 Å². The van der Waals surface area contributed by atoms with Crippen molar-refractivity contribution in [2.45, 2.75) is 19.8 Å². The molecule has 1 heterocycles. The van der Waals surface area contributed by atoms with Gasteiger partial charge in [0.1, 0.15) is 11.5 Å². The molecule has 1 saturated carbocycles. The lowest BCUT2D eigenvalue weighted by molar-refractivity contribution is 1.17. The average Bonchev–Trinajstić information content (AvgIpc) is 2.97. The summed E-state index contributed by atoms with van der Waals surface area (Å²) in [5, 5.41) is 7.31. The van der Waals surface area contributed by atoms with E-state index in [1.165, 1.54) is 12.8 Å². The maximum Gasteiger partial charge on any atom is 0.142 e. The number of nitrogens with one attached hydrogen (secondary N) is 1. The molecule has 3 N–H and O–H groups in total. The van der Waals surface area contributed by atoms with E-state index >= 15 is 0 Å². The van der Waals surface area contributed by atoms with E-state index in [0.717, 1.165) is 11.1 Å². The van der Waals surface area contributed by atoms with Gasteiger partial charge in [0.2, 0.25) is 0 Å². The molecule has 1 aromatic heterocycles. The maximum absolute atomic E-state index is 7.31. The second-order valence-corrected chi connectivity index (χ2v) is 3.85. The van der Waals surface area contributed by atoms with Crippen LogP contribution in [0.2, 0.25) is 0 Å². The molecule has 0 atom stereocenters. The van der Waals surface area contributed by atoms with Crippen molar-refractivity contribution in [3.05, 3.63) is 29.1 Å². The van der Waals surface area contributed by atoms with E-state index in [0.29, 0.717) is 11.6 Å². The average molecular weight is 199 g/mol. The molecule has 0 radical (unpaired) electrons. The summed E-state index contributed by atoms with van der Waals surface area (Å²) in [5.41, 5.74) is 7.74. The van der Waals surface area contributed by atoms with Crippen molar-refractivity contribution in [1.82, 2.24) is 4.98 Å². The zero-order chi connectivity index (χ0) is 10.8. The van der Waals surface area contributed by atoms with Crippen LogP contribution in [0.25, 0.3) is 0 Å². The number of nitrogens with zero attached hydrogens (tertiary/aromatic N) is 1. The minimum atomic E-state index is 0.00852. The maximum atomic E-state index is 7.31. The van der Waals surface area contributed by atoms with Crippen LogP contribution in [-0.2, 0) is 0 Å². The van der Waals surface area contributed by atoms with Crippen molar-refractivity contribution in [3.63, 3.8) is 0 Å². The highest BCUT2D eigenvalue weighted by Crippen LogP contribution is 2.27. The highest BCUT2D eigenvalue weighted by Gasteiger charge is 2.17. The van der Waals surface area contributed by atoms with Gasteiger partial charge in [-0.15, -0.1) is 0 Å². The molecule has 1 aliphatic rings. The van der Waals surface area contributed by atoms with Crippen LogP contribution in [-0.4, -0.2) is 10.8 Å². The van der Waals surface area contributed by atoms with E-state index in [2.05, 4.69) is 16.8 Å². The number of rotatable bonds is 1. The van der Waals surface area contributed by atoms with E-state index in [1.54, 1.807) is 6.20 Å². The smallest absolute Gasteiger partial charge is 0.142 e. The van der Waals surface area contributed by atoms with Crippen molar-refractivity contribution in [3.8, 4) is 11.8 Å². The monoisotopic (exact) mass is 199 g/mol. The van der Waals surface area contributed by atoms with Gasteiger partial charge in [0.05, 0.1) is 0 Å². The second kappa shape index (κ2) is 3.74. The highest BCUT2D eigenvalue weighted by molar-refractivity contribution is 5.94. The third-order valence-corrected chi connectivity index (χ3v) is 2.33. The van der Waals surface area contributed by atoms with Crippen LogP contribution in [0.5, 0.6) is 0 Å². The molecular formula is C12H13N3. The second-order valence-electron chi connectivity index (χ2n) is 3.85. The molecule has 3 nitrogen and oxygen atoms in total. The van der Waals surface area contributed by atoms with E-state index in [-0.39, 0.29) is 5.84 Å². The lowest BCUT2D eigenvalue weighted by atomic mass is 10.1. The zero-order valence-corrected chi connectivity index (χ0v) is 8.67. The SMILES string of the molecule is Cc1cc(C#CC2CC2)cnc1C(=N)N. The molecular weight excluding hydrogens is 186 g/mol. The molecule has 0 amide bonds. The lowest BCUT2D eigenvalue weighted by Gasteiger charge is -2.01. The van der Waals surface area contributed by atoms with Crippen LogP contribution < -0.4 is 5.73 Å². The van der Waals surface area contributed by atoms with E-state index in [4.69, 9.17) is 11.1 Å². The lowest BCUT2D eigenvalue weighted by Crippen LogP contribution is -2.14. The first kappa shape index (κ1) is 9.72. The molecule has 0 spiro atoms. The van der Waals surface area contributed by atoms with Gasteiger partial charge in [-0.2, -0.15) is 0 Å². The number of nitrogen functional groups attached to an aromatic ring is 1. The minimum absolute atomic E-state index is 0.00852. The van der Waals surface area contributed by atoms with Gasteiger partial charge in [-0.25, -0.2) is 0 Å². The van der Waals surface area contributed by atoms with Gasteiger partial charge in [-0.3, -0.25) is 10.4 Å². The zero-order valence-electron chi connectivity index (χ0n) is 8.67. The summed E-state index contributed by atoms with van der Waals surface area (Å²) >= 11 is 0. The highest BCUT2D eigenvalue weighted by atomic mass is 14.8. The predicted octanol–water partition coefficient (Wildman–Crippen LogP) is 1.44. The minimum Gasteiger partial charge on any atom is -0.382 e. The molecule has 0 aliphatic heterocycles. The molecule has 0 saturated heterocycles. The summed E-state index contributed by atoms with van der Waals surface area (Å²) < 4.78 is 0. The summed E-state index contributed by atoms with van der Waals surface area (Å²) in [6.07, 6.45) is 4.13. The summed E-state index contributed by atoms with van der Waals surface area (Å²) in [6.45, 7) is 1.89. The largest absolute Gasteiger partial charge is 0.382 e. The fraction of sp³-hybridized carbons (Fsp3) is 0.333. The van der Waals surface area contributed by atoms with Crippen molar-refractivity contribution < 1.29 is 0 Å². The fourth-order valence-corrected chi connectivity index (χ4v) is 1.34. The third-order valence-electron chi connectivity index (χ3n) is 2.33. The number of amidine groups is 1. The van der Waals surface area contributed by atoms with E-state index < -0.39 is 0 Å². The standard InChI is InChI=1S/C12H13N3/c1-8-6-10(5-4-9-2-3-9)7-15-11(8)12(13)14/h6-7,9H,2-3H2,1H3,(H3,13,14). The predicted molar refractivity (Wildman–Crippen MR) is 59.6 cm³/mol. The Bertz CT molecular complexity index is 461. The molecule has 0 aromatic carbocycles. The number of hydrogen-bond acceptors (Lipinski definition) is 2. The molecule has 0 unspecified atom stereocenters. The van der Waals surface area contributed by atoms with Crippen molar-refractivity contribution in [1.29, 1.82) is 5.41 Å². The number of pyridine rings is 1. The molecule has 3 heteroatoms. The Labute approximate surface area is 89.2 Å². The molecule has 76 valence electrons. The first-order valence-electron chi connectivity index (χ1n) is 4.99. The van der Waals surface area contributed by atoms with E-state index in [1.807, 2.05) is 13.0 Å². The van der Waals surface area contributed by atoms with Gasteiger partial charge in [-0.05, 0) is 31.4 Å². The van der Waals surface area contributed by atoms with Crippen molar-refractivity contribution in [2.75, 3.05) is 0 Å². The fourth-order valence-electron chi connectivity index (χ4n) is 1.34. The number of aromatic nitrogens is 1. The Balaban J connectivity index is 2.25. The van der Waals surface area contributed by atoms with Crippen LogP contribution in [0.15, 0.2) is 12.3 Å². The molecule has 15 heavy (non-hydrogen) atoms. The van der Waals surface area contributed by atoms with Crippen LogP contribution >= 0.6 is 0 Å². The number of hydrogen-bond donors (Lipinski definition) is 2. The summed E-state index contributed by atoms with van der Waals surface area (Å²) in [5.74, 6) is 6.87. The quantitative estimate of drug-likeness (QED) is 0.408. The summed E-state index contributed by atoms with van der Waals surface area (Å²) in [7, 11) is 0. The van der Waals surface area contributed by atoms with Gasteiger partial charge in [0.15, 0.2) is 0 Å². The van der Waals surface area contributed by atoms with E-state index in [9.17, 15) is 0 Å². The van der Waals surface area contributed by atoms with Crippen molar-refractivity contribution >= 4 is 5.84 Å². The van der Waals surface area contributed by atoms with Crippen LogP contribution in [0.4, 0.5) is 0 Å². The molecule has 1 aliphatic carbocycles. The first-order chi connectivity index (χ1) is 7.16. The first-order valence-corrected chi connectivity index (χ1v) is 4.99. The number of nitrogens with two attached hydrogens (primary N) is 1. The molecule has 1 aromatic rings. The molecule has 2 rings (SSSR count). The molecule has 1 fully saturated rings. The summed E-state index contributed by atoms with van der Waals surface area (Å²) in [4.78, 5) is 4.12. The van der Waals surface area contributed by atoms with Gasteiger partial charge < -0.3 is 5.73 Å². The normalized spacial score (nSPS) is 14.2. The Morgan fingerprint density at radius 3 is 2.87 bits per heavy atom. The van der Waals surface area contributed by atoms with Gasteiger partial charge >= 0.3 is 0 Å². The van der Waals surface area contributed by atoms with Gasteiger partial charge in [0.25, 0.3) is 0 Å². The van der Waals surface area contributed by atoms with Crippen molar-refractivity contribution in [2.24, 2.45) is 11.7 Å².